The van der Waals surface area contributed by atoms with Gasteiger partial charge in [0.1, 0.15) is 0 Å². The van der Waals surface area contributed by atoms with Crippen LogP contribution >= 0.6 is 0 Å². The summed E-state index contributed by atoms with van der Waals surface area (Å²) in [7, 11) is 0. The summed E-state index contributed by atoms with van der Waals surface area (Å²) < 4.78 is 0. The van der Waals surface area contributed by atoms with E-state index in [1.807, 2.05) is 18.2 Å². The maximum absolute atomic E-state index is 5.23. The Balaban J connectivity index is 1.09. The summed E-state index contributed by atoms with van der Waals surface area (Å²) in [6, 6.07) is 35.1. The van der Waals surface area contributed by atoms with E-state index in [0.717, 1.165) is 48.2 Å². The van der Waals surface area contributed by atoms with Crippen molar-refractivity contribution in [1.82, 2.24) is 0 Å². The van der Waals surface area contributed by atoms with Crippen LogP contribution in [0.15, 0.2) is 185 Å². The van der Waals surface area contributed by atoms with Crippen LogP contribution in [-0.4, -0.2) is 12.4 Å². The maximum Gasteiger partial charge on any atom is 0.0716 e. The minimum Gasteiger partial charge on any atom is -0.280 e. The van der Waals surface area contributed by atoms with Crippen molar-refractivity contribution in [2.45, 2.75) is 44.1 Å². The third kappa shape index (κ3) is 6.35. The lowest BCUT2D eigenvalue weighted by atomic mass is 9.69. The SMILES string of the molecule is C=N/C(=C\C(=N/Cc1ccc(-c2ccc3c(c2)C2C=CC=CC2c2ccccc2-3)cc1)C1=CCCC(C2=CCCC=C2)=C1)c1ccccc1. The van der Waals surface area contributed by atoms with Crippen molar-refractivity contribution in [2.75, 3.05) is 0 Å². The molecular weight excluding hydrogens is 593 g/mol. The number of allylic oxidation sites excluding steroid dienone is 13. The van der Waals surface area contributed by atoms with Crippen LogP contribution in [0.5, 0.6) is 0 Å². The minimum absolute atomic E-state index is 0.356. The Hall–Kier alpha value is -5.60. The number of rotatable bonds is 8. The summed E-state index contributed by atoms with van der Waals surface area (Å²) in [5, 5.41) is 0. The second kappa shape index (κ2) is 13.9. The highest BCUT2D eigenvalue weighted by Gasteiger charge is 2.31. The molecule has 4 aromatic rings. The lowest BCUT2D eigenvalue weighted by Gasteiger charge is -2.34. The van der Waals surface area contributed by atoms with E-state index in [-0.39, 0.29) is 0 Å². The van der Waals surface area contributed by atoms with Crippen molar-refractivity contribution in [3.05, 3.63) is 197 Å². The van der Waals surface area contributed by atoms with Crippen LogP contribution in [0.25, 0.3) is 28.0 Å². The van der Waals surface area contributed by atoms with Gasteiger partial charge in [-0.05, 0) is 106 Å². The van der Waals surface area contributed by atoms with E-state index in [0.29, 0.717) is 18.4 Å². The van der Waals surface area contributed by atoms with Crippen LogP contribution in [-0.2, 0) is 6.54 Å². The van der Waals surface area contributed by atoms with Crippen molar-refractivity contribution in [2.24, 2.45) is 9.98 Å². The molecule has 0 radical (unpaired) electrons. The zero-order valence-electron chi connectivity index (χ0n) is 27.8. The predicted molar refractivity (Wildman–Crippen MR) is 208 cm³/mol. The molecule has 0 fully saturated rings. The fourth-order valence-electron chi connectivity index (χ4n) is 7.62. The first kappa shape index (κ1) is 30.7. The molecule has 0 saturated carbocycles. The quantitative estimate of drug-likeness (QED) is 0.173. The highest BCUT2D eigenvalue weighted by molar-refractivity contribution is 6.14. The van der Waals surface area contributed by atoms with Crippen molar-refractivity contribution in [1.29, 1.82) is 0 Å². The Kier molecular flexibility index (Phi) is 8.69. The van der Waals surface area contributed by atoms with E-state index >= 15 is 0 Å². The topological polar surface area (TPSA) is 24.7 Å². The van der Waals surface area contributed by atoms with Gasteiger partial charge in [0.25, 0.3) is 0 Å². The third-order valence-corrected chi connectivity index (χ3v) is 10.2. The van der Waals surface area contributed by atoms with Crippen LogP contribution in [0.4, 0.5) is 0 Å². The van der Waals surface area contributed by atoms with E-state index in [4.69, 9.17) is 4.99 Å². The van der Waals surface area contributed by atoms with Gasteiger partial charge in [0, 0.05) is 17.4 Å². The Bertz CT molecular complexity index is 2150. The number of hydrogen-bond acceptors (Lipinski definition) is 2. The number of aliphatic imine (C=N–C) groups is 2. The van der Waals surface area contributed by atoms with Crippen molar-refractivity contribution < 1.29 is 0 Å². The maximum atomic E-state index is 5.23. The second-order valence-electron chi connectivity index (χ2n) is 13.2. The van der Waals surface area contributed by atoms with Crippen LogP contribution in [0.2, 0.25) is 0 Å². The summed E-state index contributed by atoms with van der Waals surface area (Å²) >= 11 is 0. The lowest BCUT2D eigenvalue weighted by Crippen LogP contribution is -2.16. The van der Waals surface area contributed by atoms with Gasteiger partial charge in [-0.2, -0.15) is 0 Å². The highest BCUT2D eigenvalue weighted by Crippen LogP contribution is 2.50. The van der Waals surface area contributed by atoms with Crippen LogP contribution < -0.4 is 0 Å². The average Bonchev–Trinajstić information content (AvgIpc) is 3.19. The lowest BCUT2D eigenvalue weighted by molar-refractivity contribution is 0.720. The van der Waals surface area contributed by atoms with E-state index in [2.05, 4.69) is 151 Å². The van der Waals surface area contributed by atoms with Crippen molar-refractivity contribution in [3.8, 4) is 22.3 Å². The summed E-state index contributed by atoms with van der Waals surface area (Å²) in [4.78, 5) is 9.65. The molecule has 0 spiro atoms. The molecule has 0 N–H and O–H groups in total. The zero-order chi connectivity index (χ0) is 33.0. The van der Waals surface area contributed by atoms with E-state index < -0.39 is 0 Å². The normalized spacial score (nSPS) is 19.6. The van der Waals surface area contributed by atoms with Crippen LogP contribution in [0, 0.1) is 0 Å². The Labute approximate surface area is 290 Å². The molecule has 2 unspecified atom stereocenters. The average molecular weight is 633 g/mol. The summed E-state index contributed by atoms with van der Waals surface area (Å²) in [6.07, 6.45) is 27.0. The van der Waals surface area contributed by atoms with Gasteiger partial charge >= 0.3 is 0 Å². The first-order valence-corrected chi connectivity index (χ1v) is 17.5. The smallest absolute Gasteiger partial charge is 0.0716 e. The molecule has 4 aliphatic rings. The Morgan fingerprint density at radius 1 is 0.735 bits per heavy atom. The van der Waals surface area contributed by atoms with Gasteiger partial charge in [0.15, 0.2) is 0 Å². The standard InChI is InChI=1S/C47H40N2/c1-48-46(36-15-6-3-7-16-36)31-47(39-18-12-17-37(29-39)34-13-4-2-5-14-34)49-32-33-23-25-35(26-24-33)38-27-28-44-42-21-9-8-19-40(42)41-20-10-11-22-43(41)45(44)30-38/h3-4,6-11,13-16,18-31,41,43H,1-2,5,12,17,32H2/b46-31-,49-47+. The molecule has 49 heavy (non-hydrogen) atoms. The largest absolute Gasteiger partial charge is 0.280 e. The van der Waals surface area contributed by atoms with E-state index in [9.17, 15) is 0 Å². The van der Waals surface area contributed by atoms with Gasteiger partial charge in [-0.15, -0.1) is 0 Å². The van der Waals surface area contributed by atoms with E-state index in [1.165, 1.54) is 50.1 Å². The second-order valence-corrected chi connectivity index (χ2v) is 13.2. The fourth-order valence-corrected chi connectivity index (χ4v) is 7.62. The first-order chi connectivity index (χ1) is 24.2. The molecule has 0 aromatic heterocycles. The highest BCUT2D eigenvalue weighted by atomic mass is 14.8. The van der Waals surface area contributed by atoms with Gasteiger partial charge < -0.3 is 0 Å². The van der Waals surface area contributed by atoms with Gasteiger partial charge in [-0.3, -0.25) is 9.98 Å². The summed E-state index contributed by atoms with van der Waals surface area (Å²) in [6.45, 7) is 4.49. The molecule has 2 nitrogen and oxygen atoms in total. The Morgan fingerprint density at radius 3 is 2.29 bits per heavy atom. The molecule has 2 atom stereocenters. The number of nitrogens with zero attached hydrogens (tertiary/aromatic N) is 2. The molecule has 0 saturated heterocycles. The summed E-state index contributed by atoms with van der Waals surface area (Å²) in [5.74, 6) is 0.738. The van der Waals surface area contributed by atoms with Gasteiger partial charge in [0.2, 0.25) is 0 Å². The molecule has 0 amide bonds. The molecule has 8 rings (SSSR count). The number of fused-ring (bicyclic) bond motifs is 6. The van der Waals surface area contributed by atoms with Crippen molar-refractivity contribution >= 4 is 18.1 Å². The first-order valence-electron chi connectivity index (χ1n) is 17.5. The molecule has 238 valence electrons. The molecule has 0 bridgehead atoms. The molecule has 2 heteroatoms. The summed E-state index contributed by atoms with van der Waals surface area (Å²) in [5.41, 5.74) is 15.9. The molecule has 4 aromatic carbocycles. The predicted octanol–water partition coefficient (Wildman–Crippen LogP) is 11.9. The molecule has 4 aliphatic carbocycles. The van der Waals surface area contributed by atoms with Gasteiger partial charge in [0.05, 0.1) is 18.0 Å². The number of benzene rings is 4. The molecule has 0 aliphatic heterocycles. The fraction of sp³-hybridized carbons (Fsp3) is 0.149. The van der Waals surface area contributed by atoms with Crippen LogP contribution in [0.3, 0.4) is 0 Å². The van der Waals surface area contributed by atoms with Crippen LogP contribution in [0.1, 0.15) is 59.8 Å². The van der Waals surface area contributed by atoms with Gasteiger partial charge in [-0.25, -0.2) is 0 Å². The third-order valence-electron chi connectivity index (χ3n) is 10.2. The molecule has 0 heterocycles. The van der Waals surface area contributed by atoms with E-state index in [1.54, 1.807) is 0 Å². The van der Waals surface area contributed by atoms with Crippen molar-refractivity contribution in [3.63, 3.8) is 0 Å². The molecular formula is C47H40N2. The zero-order valence-corrected chi connectivity index (χ0v) is 27.8. The minimum atomic E-state index is 0.356. The Morgan fingerprint density at radius 2 is 1.49 bits per heavy atom. The monoisotopic (exact) mass is 632 g/mol. The number of hydrogen-bond donors (Lipinski definition) is 0. The van der Waals surface area contributed by atoms with Gasteiger partial charge in [-0.1, -0.05) is 140 Å².